The molecule has 6 nitrogen and oxygen atoms in total. The van der Waals surface area contributed by atoms with Gasteiger partial charge in [-0.2, -0.15) is 0 Å². The molecule has 2 N–H and O–H groups in total. The van der Waals surface area contributed by atoms with Crippen LogP contribution >= 0.6 is 0 Å². The Balaban J connectivity index is 1.47. The van der Waals surface area contributed by atoms with Crippen LogP contribution in [0.15, 0.2) is 12.1 Å². The minimum Gasteiger partial charge on any atom is -0.361 e. The number of hydrogen-bond acceptors (Lipinski definition) is 4. The lowest BCUT2D eigenvalue weighted by atomic mass is 9.83. The summed E-state index contributed by atoms with van der Waals surface area (Å²) in [7, 11) is 2.77. The molecule has 6 aromatic rings. The number of H-pyrrole nitrogens is 2. The summed E-state index contributed by atoms with van der Waals surface area (Å²) in [6.45, 7) is -1.41. The predicted octanol–water partition coefficient (Wildman–Crippen LogP) is 13.3. The van der Waals surface area contributed by atoms with E-state index in [-0.39, 0.29) is 26.2 Å². The van der Waals surface area contributed by atoms with Gasteiger partial charge < -0.3 is 19.8 Å². The molecule has 0 aliphatic carbocycles. The quantitative estimate of drug-likeness (QED) is 0.105. The first-order valence-corrected chi connectivity index (χ1v) is 22.1. The average Bonchev–Trinajstić information content (AvgIpc) is 4.35. The first-order valence-electron chi connectivity index (χ1n) is 22.1. The van der Waals surface area contributed by atoms with Crippen LogP contribution in [0, 0.1) is 116 Å². The van der Waals surface area contributed by atoms with Gasteiger partial charge in [-0.1, -0.05) is 0 Å². The van der Waals surface area contributed by atoms with Crippen LogP contribution < -0.4 is 0 Å². The largest absolute Gasteiger partial charge is 0.361 e. The van der Waals surface area contributed by atoms with Crippen molar-refractivity contribution in [2.75, 3.05) is 40.3 Å². The third kappa shape index (κ3) is 6.96. The Hall–Kier alpha value is -7.48. The molecular weight excluding hydrogens is 1060 g/mol. The fraction of sp³-hybridized carbons (Fsp3) is 0.200. The molecule has 11 rings (SSSR count). The SMILES string of the molecule is CN1CC2c3nc(c(-c4c(F)c(F)c(F)c(F)c4F)c4ccc([nH]4)c(-c4c(F)c(F)c(F)c(F)c4F)c4nc(c(-c5c(F)c(F)c(F)c(F)c5F)c5[nH]c(c3-c3c(F)c(F)c(F)c(F)c3F)C3CN(C)CC53)C=C4)C2C1. The van der Waals surface area contributed by atoms with Gasteiger partial charge in [0.2, 0.25) is 23.3 Å². The van der Waals surface area contributed by atoms with Crippen LogP contribution in [0.5, 0.6) is 0 Å². The molecule has 76 heavy (non-hydrogen) atoms. The number of nitrogens with one attached hydrogen (secondary N) is 2. The van der Waals surface area contributed by atoms with Crippen molar-refractivity contribution < 1.29 is 87.8 Å². The Labute approximate surface area is 411 Å². The number of likely N-dealkylation sites (tertiary alicyclic amines) is 2. The molecule has 0 radical (unpaired) electrons. The topological polar surface area (TPSA) is 63.8 Å². The van der Waals surface area contributed by atoms with Gasteiger partial charge in [0.25, 0.3) is 0 Å². The third-order valence-corrected chi connectivity index (χ3v) is 14.2. The molecule has 7 heterocycles. The molecule has 4 atom stereocenters. The van der Waals surface area contributed by atoms with Crippen LogP contribution in [0.4, 0.5) is 87.8 Å². The normalized spacial score (nSPS) is 18.8. The Morgan fingerprint density at radius 1 is 0.316 bits per heavy atom. The third-order valence-electron chi connectivity index (χ3n) is 14.2. The van der Waals surface area contributed by atoms with E-state index in [4.69, 9.17) is 0 Å². The van der Waals surface area contributed by atoms with E-state index in [2.05, 4.69) is 19.9 Å². The average molecular weight is 1090 g/mol. The second-order valence-electron chi connectivity index (χ2n) is 18.5. The molecule has 8 bridgehead atoms. The van der Waals surface area contributed by atoms with Gasteiger partial charge in [0.15, 0.2) is 93.1 Å². The monoisotopic (exact) mass is 1090 g/mol. The summed E-state index contributed by atoms with van der Waals surface area (Å²) >= 11 is 0. The Bertz CT molecular complexity index is 3770. The highest BCUT2D eigenvalue weighted by molar-refractivity contribution is 5.95. The molecule has 4 aromatic carbocycles. The van der Waals surface area contributed by atoms with Crippen molar-refractivity contribution in [1.29, 1.82) is 0 Å². The van der Waals surface area contributed by atoms with Crippen molar-refractivity contribution in [3.8, 4) is 44.5 Å². The summed E-state index contributed by atoms with van der Waals surface area (Å²) in [4.78, 5) is 16.5. The summed E-state index contributed by atoms with van der Waals surface area (Å²) in [5.41, 5.74) is -18.2. The van der Waals surface area contributed by atoms with Gasteiger partial charge >= 0.3 is 0 Å². The van der Waals surface area contributed by atoms with Crippen LogP contribution in [-0.2, 0) is 0 Å². The predicted molar refractivity (Wildman–Crippen MR) is 228 cm³/mol. The Morgan fingerprint density at radius 3 is 0.987 bits per heavy atom. The van der Waals surface area contributed by atoms with Crippen LogP contribution in [-0.4, -0.2) is 70.0 Å². The van der Waals surface area contributed by atoms with Crippen molar-refractivity contribution in [2.45, 2.75) is 23.7 Å². The lowest BCUT2D eigenvalue weighted by molar-refractivity contribution is 0.380. The molecule has 2 saturated heterocycles. The van der Waals surface area contributed by atoms with E-state index in [9.17, 15) is 17.6 Å². The van der Waals surface area contributed by atoms with E-state index in [1.807, 2.05) is 0 Å². The molecule has 4 unspecified atom stereocenters. The van der Waals surface area contributed by atoms with Gasteiger partial charge in [0.1, 0.15) is 0 Å². The number of halogens is 20. The molecule has 0 amide bonds. The first kappa shape index (κ1) is 50.7. The van der Waals surface area contributed by atoms with Crippen molar-refractivity contribution in [3.63, 3.8) is 0 Å². The highest BCUT2D eigenvalue weighted by Gasteiger charge is 2.49. The lowest BCUT2D eigenvalue weighted by Crippen LogP contribution is -2.17. The van der Waals surface area contributed by atoms with Crippen LogP contribution in [0.25, 0.3) is 67.7 Å². The van der Waals surface area contributed by atoms with Gasteiger partial charge in [-0.05, 0) is 38.4 Å². The van der Waals surface area contributed by atoms with Crippen molar-refractivity contribution in [2.24, 2.45) is 0 Å². The number of nitrogens with zero attached hydrogens (tertiary/aromatic N) is 4. The minimum atomic E-state index is -2.70. The number of hydrogen-bond donors (Lipinski definition) is 2. The first-order chi connectivity index (χ1) is 35.9. The number of fused-ring (bicyclic) bond motifs is 14. The number of aromatic nitrogens is 4. The summed E-state index contributed by atoms with van der Waals surface area (Å²) < 4.78 is 313. The van der Waals surface area contributed by atoms with E-state index in [1.165, 1.54) is 23.9 Å². The van der Waals surface area contributed by atoms with E-state index in [1.54, 1.807) is 0 Å². The van der Waals surface area contributed by atoms with Crippen LogP contribution in [0.1, 0.15) is 57.8 Å². The standard InChI is InChI=1S/C50H24F20N6/c1-75-7-11-13(9-75)49-26(25-33(57)41(65)46(70)42(66)34(25)58)50-14-10-76(2)8-12(14)48(74-50)21(24-31(55)39(63)45(69)40(64)32(24)56)18-6-4-16(72-18)19(22-27(51)35(59)43(67)36(60)28(22)52)15-3-5-17(71-15)20(47(11)73-49)23-29(53)37(61)44(68)38(62)30(23)54/h3-6,11-14,71,74H,7-10H2,1-2H3. The second-order valence-corrected chi connectivity index (χ2v) is 18.5. The van der Waals surface area contributed by atoms with Gasteiger partial charge in [-0.15, -0.1) is 0 Å². The van der Waals surface area contributed by atoms with Gasteiger partial charge in [-0.25, -0.2) is 92.8 Å². The molecule has 394 valence electrons. The number of rotatable bonds is 4. The molecule has 2 aromatic heterocycles. The summed E-state index contributed by atoms with van der Waals surface area (Å²) in [5, 5.41) is 0. The number of benzene rings is 4. The van der Waals surface area contributed by atoms with E-state index in [0.717, 1.165) is 6.07 Å². The maximum atomic E-state index is 16.7. The van der Waals surface area contributed by atoms with E-state index in [0.29, 0.717) is 18.2 Å². The molecular formula is C50H24F20N6. The minimum absolute atomic E-state index is 0.345. The molecule has 0 saturated carbocycles. The molecule has 5 aliphatic heterocycles. The van der Waals surface area contributed by atoms with Crippen LogP contribution in [0.3, 0.4) is 0 Å². The highest BCUT2D eigenvalue weighted by atomic mass is 19.2. The summed E-state index contributed by atoms with van der Waals surface area (Å²) in [5.74, 6) is -57.6. The molecule has 26 heteroatoms. The number of likely N-dealkylation sites (N-methyl/N-ethyl adjacent to an activating group) is 2. The van der Waals surface area contributed by atoms with E-state index >= 15 is 70.2 Å². The Morgan fingerprint density at radius 2 is 0.592 bits per heavy atom. The highest BCUT2D eigenvalue weighted by Crippen LogP contribution is 2.55. The summed E-state index contributed by atoms with van der Waals surface area (Å²) in [6.07, 6.45) is 1.37. The van der Waals surface area contributed by atoms with Crippen molar-refractivity contribution in [1.82, 2.24) is 29.7 Å². The zero-order chi connectivity index (χ0) is 54.7. The number of aromatic amines is 2. The lowest BCUT2D eigenvalue weighted by Gasteiger charge is -2.19. The zero-order valence-corrected chi connectivity index (χ0v) is 37.8. The second kappa shape index (κ2) is 17.5. The van der Waals surface area contributed by atoms with Crippen LogP contribution in [0.2, 0.25) is 0 Å². The fourth-order valence-corrected chi connectivity index (χ4v) is 11.0. The fourth-order valence-electron chi connectivity index (χ4n) is 11.0. The molecule has 0 spiro atoms. The zero-order valence-electron chi connectivity index (χ0n) is 37.8. The van der Waals surface area contributed by atoms with Gasteiger partial charge in [0, 0.05) is 94.5 Å². The smallest absolute Gasteiger partial charge is 0.200 e. The molecule has 2 fully saturated rings. The van der Waals surface area contributed by atoms with Gasteiger partial charge in [-0.3, -0.25) is 4.98 Å². The maximum absolute atomic E-state index is 16.7. The van der Waals surface area contributed by atoms with Crippen molar-refractivity contribution >= 4 is 23.2 Å². The Kier molecular flexibility index (Phi) is 11.7. The molecule has 5 aliphatic rings. The van der Waals surface area contributed by atoms with E-state index < -0.39 is 230 Å². The summed E-state index contributed by atoms with van der Waals surface area (Å²) in [6, 6.07) is 1.42. The van der Waals surface area contributed by atoms with Crippen molar-refractivity contribution in [3.05, 3.63) is 163 Å². The van der Waals surface area contributed by atoms with Gasteiger partial charge in [0.05, 0.1) is 45.0 Å². The maximum Gasteiger partial charge on any atom is 0.200 e.